The van der Waals surface area contributed by atoms with E-state index in [0.717, 1.165) is 0 Å². The van der Waals surface area contributed by atoms with E-state index in [0.29, 0.717) is 13.2 Å². The Morgan fingerprint density at radius 2 is 1.85 bits per heavy atom. The first-order valence-corrected chi connectivity index (χ1v) is 4.57. The van der Waals surface area contributed by atoms with Gasteiger partial charge < -0.3 is 14.2 Å². The molecule has 0 N–H and O–H groups in total. The maximum absolute atomic E-state index is 5.46. The van der Waals surface area contributed by atoms with Crippen LogP contribution in [0.3, 0.4) is 0 Å². The summed E-state index contributed by atoms with van der Waals surface area (Å²) in [6.07, 6.45) is 2.10. The first-order chi connectivity index (χ1) is 6.20. The van der Waals surface area contributed by atoms with Crippen LogP contribution in [-0.4, -0.2) is 32.5 Å². The zero-order chi connectivity index (χ0) is 10.1. The van der Waals surface area contributed by atoms with Gasteiger partial charge in [-0.05, 0) is 20.3 Å². The van der Waals surface area contributed by atoms with Crippen molar-refractivity contribution < 1.29 is 14.2 Å². The topological polar surface area (TPSA) is 27.7 Å². The number of hydrogen-bond acceptors (Lipinski definition) is 3. The van der Waals surface area contributed by atoms with Crippen molar-refractivity contribution in [3.05, 3.63) is 13.0 Å². The molecule has 0 aromatic heterocycles. The molecule has 13 heavy (non-hydrogen) atoms. The summed E-state index contributed by atoms with van der Waals surface area (Å²) in [6.45, 7) is 8.72. The molecular formula is C10H20O3. The second kappa shape index (κ2) is 8.48. The molecule has 0 saturated heterocycles. The molecule has 78 valence electrons. The summed E-state index contributed by atoms with van der Waals surface area (Å²) in [5.74, 6) is 0. The van der Waals surface area contributed by atoms with Crippen molar-refractivity contribution in [2.24, 2.45) is 0 Å². The van der Waals surface area contributed by atoms with Gasteiger partial charge in [-0.25, -0.2) is 0 Å². The first kappa shape index (κ1) is 12.9. The van der Waals surface area contributed by atoms with Crippen LogP contribution in [0.25, 0.3) is 0 Å². The highest BCUT2D eigenvalue weighted by atomic mass is 16.6. The molecular weight excluding hydrogens is 168 g/mol. The maximum Gasteiger partial charge on any atom is 0.0869 e. The molecule has 0 aliphatic rings. The molecule has 2 atom stereocenters. The fourth-order valence-electron chi connectivity index (χ4n) is 0.703. The fourth-order valence-corrected chi connectivity index (χ4v) is 0.703. The standard InChI is InChI=1S/C10H20O3/c1-5-6-12-7-10(3)13-8-9(2)11-4/h5-6,9-10H,7-8H2,1-4H3. The van der Waals surface area contributed by atoms with Crippen LogP contribution >= 0.6 is 0 Å². The van der Waals surface area contributed by atoms with Crippen LogP contribution in [0.5, 0.6) is 0 Å². The lowest BCUT2D eigenvalue weighted by Crippen LogP contribution is -2.22. The highest BCUT2D eigenvalue weighted by molar-refractivity contribution is 4.67. The van der Waals surface area contributed by atoms with Gasteiger partial charge in [0.25, 0.3) is 0 Å². The average molecular weight is 188 g/mol. The van der Waals surface area contributed by atoms with E-state index in [-0.39, 0.29) is 12.2 Å². The van der Waals surface area contributed by atoms with E-state index in [1.165, 1.54) is 0 Å². The van der Waals surface area contributed by atoms with E-state index in [1.54, 1.807) is 13.7 Å². The fraction of sp³-hybridized carbons (Fsp3) is 0.800. The van der Waals surface area contributed by atoms with Crippen LogP contribution in [0.1, 0.15) is 20.8 Å². The second-order valence-electron chi connectivity index (χ2n) is 2.99. The minimum atomic E-state index is 0.105. The van der Waals surface area contributed by atoms with Gasteiger partial charge in [0, 0.05) is 7.11 Å². The Morgan fingerprint density at radius 3 is 2.38 bits per heavy atom. The van der Waals surface area contributed by atoms with Crippen LogP contribution in [0, 0.1) is 13.0 Å². The van der Waals surface area contributed by atoms with Crippen LogP contribution < -0.4 is 0 Å². The number of rotatable bonds is 8. The van der Waals surface area contributed by atoms with Crippen LogP contribution in [0.2, 0.25) is 0 Å². The Labute approximate surface area is 81.4 Å². The molecule has 0 bridgehead atoms. The van der Waals surface area contributed by atoms with E-state index >= 15 is 0 Å². The summed E-state index contributed by atoms with van der Waals surface area (Å²) in [5, 5.41) is 0. The summed E-state index contributed by atoms with van der Waals surface area (Å²) < 4.78 is 15.7. The van der Waals surface area contributed by atoms with Gasteiger partial charge in [-0.1, -0.05) is 6.92 Å². The molecule has 3 heteroatoms. The first-order valence-electron chi connectivity index (χ1n) is 4.57. The molecule has 0 heterocycles. The number of methoxy groups -OCH3 is 1. The Hall–Kier alpha value is -0.120. The predicted molar refractivity (Wildman–Crippen MR) is 52.1 cm³/mol. The van der Waals surface area contributed by atoms with Gasteiger partial charge in [0.05, 0.1) is 32.0 Å². The number of ether oxygens (including phenoxy) is 3. The molecule has 0 aromatic rings. The minimum absolute atomic E-state index is 0.105. The molecule has 0 saturated carbocycles. The van der Waals surface area contributed by atoms with E-state index in [4.69, 9.17) is 14.2 Å². The average Bonchev–Trinajstić information content (AvgIpc) is 2.14. The van der Waals surface area contributed by atoms with E-state index in [1.807, 2.05) is 27.2 Å². The molecule has 2 radical (unpaired) electrons. The van der Waals surface area contributed by atoms with Gasteiger partial charge in [-0.2, -0.15) is 0 Å². The monoisotopic (exact) mass is 188 g/mol. The normalized spacial score (nSPS) is 15.7. The van der Waals surface area contributed by atoms with Crippen LogP contribution in [0.15, 0.2) is 0 Å². The van der Waals surface area contributed by atoms with Crippen molar-refractivity contribution in [3.63, 3.8) is 0 Å². The zero-order valence-corrected chi connectivity index (χ0v) is 8.95. The Kier molecular flexibility index (Phi) is 8.40. The maximum atomic E-state index is 5.46. The SMILES string of the molecule is C[CH][CH]OCC(C)OCC(C)OC. The van der Waals surface area contributed by atoms with Gasteiger partial charge in [0.2, 0.25) is 0 Å². The Bertz CT molecular complexity index is 106. The summed E-state index contributed by atoms with van der Waals surface area (Å²) in [6, 6.07) is 0. The quantitative estimate of drug-likeness (QED) is 0.544. The molecule has 0 aromatic carbocycles. The second-order valence-corrected chi connectivity index (χ2v) is 2.99. The Balaban J connectivity index is 3.24. The molecule has 3 nitrogen and oxygen atoms in total. The van der Waals surface area contributed by atoms with Gasteiger partial charge in [-0.15, -0.1) is 0 Å². The summed E-state index contributed by atoms with van der Waals surface area (Å²) in [7, 11) is 1.68. The summed E-state index contributed by atoms with van der Waals surface area (Å²) in [5.41, 5.74) is 0. The predicted octanol–water partition coefficient (Wildman–Crippen LogP) is 1.83. The molecule has 0 aliphatic carbocycles. The van der Waals surface area contributed by atoms with Gasteiger partial charge in [0.1, 0.15) is 0 Å². The lowest BCUT2D eigenvalue weighted by molar-refractivity contribution is -0.0370. The third-order valence-corrected chi connectivity index (χ3v) is 1.58. The Morgan fingerprint density at radius 1 is 1.15 bits per heavy atom. The lowest BCUT2D eigenvalue weighted by atomic mass is 10.4. The number of hydrogen-bond donors (Lipinski definition) is 0. The van der Waals surface area contributed by atoms with Gasteiger partial charge in [-0.3, -0.25) is 0 Å². The molecule has 0 rings (SSSR count). The van der Waals surface area contributed by atoms with E-state index in [2.05, 4.69) is 0 Å². The summed E-state index contributed by atoms with van der Waals surface area (Å²) in [4.78, 5) is 0. The van der Waals surface area contributed by atoms with Gasteiger partial charge >= 0.3 is 0 Å². The molecule has 0 amide bonds. The van der Waals surface area contributed by atoms with Crippen molar-refractivity contribution in [2.45, 2.75) is 33.0 Å². The van der Waals surface area contributed by atoms with E-state index < -0.39 is 0 Å². The zero-order valence-electron chi connectivity index (χ0n) is 8.95. The van der Waals surface area contributed by atoms with Crippen LogP contribution in [-0.2, 0) is 14.2 Å². The molecule has 0 spiro atoms. The van der Waals surface area contributed by atoms with Crippen molar-refractivity contribution in [1.82, 2.24) is 0 Å². The molecule has 0 aliphatic heterocycles. The molecule has 2 unspecified atom stereocenters. The third-order valence-electron chi connectivity index (χ3n) is 1.58. The smallest absolute Gasteiger partial charge is 0.0869 e. The van der Waals surface area contributed by atoms with Crippen LogP contribution in [0.4, 0.5) is 0 Å². The minimum Gasteiger partial charge on any atom is -0.379 e. The van der Waals surface area contributed by atoms with Crippen molar-refractivity contribution in [3.8, 4) is 0 Å². The molecule has 0 fully saturated rings. The largest absolute Gasteiger partial charge is 0.379 e. The highest BCUT2D eigenvalue weighted by Crippen LogP contribution is 1.97. The van der Waals surface area contributed by atoms with Crippen molar-refractivity contribution >= 4 is 0 Å². The van der Waals surface area contributed by atoms with E-state index in [9.17, 15) is 0 Å². The highest BCUT2D eigenvalue weighted by Gasteiger charge is 2.05. The van der Waals surface area contributed by atoms with Crippen molar-refractivity contribution in [2.75, 3.05) is 20.3 Å². The summed E-state index contributed by atoms with van der Waals surface area (Å²) >= 11 is 0. The lowest BCUT2D eigenvalue weighted by Gasteiger charge is -2.15. The van der Waals surface area contributed by atoms with Gasteiger partial charge in [0.15, 0.2) is 0 Å². The third kappa shape index (κ3) is 8.22. The van der Waals surface area contributed by atoms with Crippen molar-refractivity contribution in [1.29, 1.82) is 0 Å².